The fraction of sp³-hybridized carbons (Fsp3) is 0.600. The Morgan fingerprint density at radius 3 is 2.47 bits per heavy atom. The van der Waals surface area contributed by atoms with E-state index < -0.39 is 0 Å². The fourth-order valence-corrected chi connectivity index (χ4v) is 2.00. The average Bonchev–Trinajstić information content (AvgIpc) is 2.43. The SMILES string of the molecule is COCCCNC(C)Cc1ccc(OC)c(OC)c1. The molecule has 1 atom stereocenters. The van der Waals surface area contributed by atoms with Crippen LogP contribution in [0.5, 0.6) is 11.5 Å². The maximum absolute atomic E-state index is 5.31. The van der Waals surface area contributed by atoms with Crippen molar-refractivity contribution < 1.29 is 14.2 Å². The topological polar surface area (TPSA) is 39.7 Å². The second-order valence-corrected chi connectivity index (χ2v) is 4.59. The predicted octanol–water partition coefficient (Wildman–Crippen LogP) is 2.26. The van der Waals surface area contributed by atoms with Crippen LogP contribution in [0.1, 0.15) is 18.9 Å². The van der Waals surface area contributed by atoms with Crippen LogP contribution in [-0.4, -0.2) is 40.5 Å². The summed E-state index contributed by atoms with van der Waals surface area (Å²) in [4.78, 5) is 0. The Morgan fingerprint density at radius 1 is 1.11 bits per heavy atom. The van der Waals surface area contributed by atoms with Crippen LogP contribution in [0.4, 0.5) is 0 Å². The van der Waals surface area contributed by atoms with Gasteiger partial charge in [-0.2, -0.15) is 0 Å². The molecule has 1 rings (SSSR count). The molecular weight excluding hydrogens is 242 g/mol. The molecule has 0 spiro atoms. The molecule has 1 N–H and O–H groups in total. The van der Waals surface area contributed by atoms with E-state index in [2.05, 4.69) is 18.3 Å². The molecule has 108 valence electrons. The van der Waals surface area contributed by atoms with Crippen LogP contribution < -0.4 is 14.8 Å². The quantitative estimate of drug-likeness (QED) is 0.697. The van der Waals surface area contributed by atoms with Crippen molar-refractivity contribution in [3.05, 3.63) is 23.8 Å². The maximum Gasteiger partial charge on any atom is 0.160 e. The van der Waals surface area contributed by atoms with Crippen molar-refractivity contribution in [3.63, 3.8) is 0 Å². The van der Waals surface area contributed by atoms with E-state index in [1.807, 2.05) is 12.1 Å². The van der Waals surface area contributed by atoms with Crippen molar-refractivity contribution in [1.29, 1.82) is 0 Å². The van der Waals surface area contributed by atoms with Gasteiger partial charge in [0.2, 0.25) is 0 Å². The molecule has 1 unspecified atom stereocenters. The molecule has 0 amide bonds. The largest absolute Gasteiger partial charge is 0.493 e. The van der Waals surface area contributed by atoms with Crippen molar-refractivity contribution in [1.82, 2.24) is 5.32 Å². The van der Waals surface area contributed by atoms with Gasteiger partial charge >= 0.3 is 0 Å². The first-order chi connectivity index (χ1) is 9.21. The summed E-state index contributed by atoms with van der Waals surface area (Å²) >= 11 is 0. The molecule has 0 heterocycles. The number of nitrogens with one attached hydrogen (secondary N) is 1. The predicted molar refractivity (Wildman–Crippen MR) is 77.2 cm³/mol. The third-order valence-corrected chi connectivity index (χ3v) is 3.01. The van der Waals surface area contributed by atoms with Gasteiger partial charge in [-0.05, 0) is 44.0 Å². The molecule has 0 bridgehead atoms. The number of methoxy groups -OCH3 is 3. The average molecular weight is 267 g/mol. The highest BCUT2D eigenvalue weighted by molar-refractivity contribution is 5.43. The lowest BCUT2D eigenvalue weighted by Gasteiger charge is -2.15. The van der Waals surface area contributed by atoms with Crippen LogP contribution in [0.3, 0.4) is 0 Å². The molecule has 0 aliphatic rings. The number of benzene rings is 1. The number of hydrogen-bond acceptors (Lipinski definition) is 4. The minimum atomic E-state index is 0.426. The summed E-state index contributed by atoms with van der Waals surface area (Å²) in [5.41, 5.74) is 1.24. The lowest BCUT2D eigenvalue weighted by Crippen LogP contribution is -2.29. The number of rotatable bonds is 9. The smallest absolute Gasteiger partial charge is 0.160 e. The van der Waals surface area contributed by atoms with Gasteiger partial charge in [0.25, 0.3) is 0 Å². The van der Waals surface area contributed by atoms with Gasteiger partial charge in [-0.3, -0.25) is 0 Å². The Balaban J connectivity index is 2.47. The highest BCUT2D eigenvalue weighted by Crippen LogP contribution is 2.27. The summed E-state index contributed by atoms with van der Waals surface area (Å²) in [7, 11) is 5.04. The van der Waals surface area contributed by atoms with Crippen molar-refractivity contribution in [3.8, 4) is 11.5 Å². The van der Waals surface area contributed by atoms with Gasteiger partial charge < -0.3 is 19.5 Å². The molecule has 19 heavy (non-hydrogen) atoms. The van der Waals surface area contributed by atoms with E-state index >= 15 is 0 Å². The first kappa shape index (κ1) is 15.8. The summed E-state index contributed by atoms with van der Waals surface area (Å²) in [5.74, 6) is 1.55. The van der Waals surface area contributed by atoms with E-state index in [-0.39, 0.29) is 0 Å². The zero-order valence-electron chi connectivity index (χ0n) is 12.4. The standard InChI is InChI=1S/C15H25NO3/c1-12(16-8-5-9-17-2)10-13-6-7-14(18-3)15(11-13)19-4/h6-7,11-12,16H,5,8-10H2,1-4H3. The summed E-state index contributed by atoms with van der Waals surface area (Å²) in [6.45, 7) is 3.96. The van der Waals surface area contributed by atoms with E-state index in [9.17, 15) is 0 Å². The summed E-state index contributed by atoms with van der Waals surface area (Å²) < 4.78 is 15.6. The van der Waals surface area contributed by atoms with Crippen LogP contribution >= 0.6 is 0 Å². The molecule has 4 nitrogen and oxygen atoms in total. The Morgan fingerprint density at radius 2 is 1.84 bits per heavy atom. The maximum atomic E-state index is 5.31. The zero-order valence-corrected chi connectivity index (χ0v) is 12.4. The van der Waals surface area contributed by atoms with Gasteiger partial charge in [0.05, 0.1) is 14.2 Å². The summed E-state index contributed by atoms with van der Waals surface area (Å²) in [5, 5.41) is 3.48. The lowest BCUT2D eigenvalue weighted by atomic mass is 10.1. The first-order valence-corrected chi connectivity index (χ1v) is 6.64. The van der Waals surface area contributed by atoms with Crippen LogP contribution in [0.25, 0.3) is 0 Å². The number of hydrogen-bond donors (Lipinski definition) is 1. The van der Waals surface area contributed by atoms with E-state index in [4.69, 9.17) is 14.2 Å². The van der Waals surface area contributed by atoms with Gasteiger partial charge in [-0.25, -0.2) is 0 Å². The third kappa shape index (κ3) is 5.49. The molecule has 0 fully saturated rings. The fourth-order valence-electron chi connectivity index (χ4n) is 2.00. The van der Waals surface area contributed by atoms with E-state index in [1.54, 1.807) is 21.3 Å². The molecule has 0 aliphatic heterocycles. The van der Waals surface area contributed by atoms with Gasteiger partial charge in [0, 0.05) is 19.8 Å². The van der Waals surface area contributed by atoms with Crippen molar-refractivity contribution in [2.75, 3.05) is 34.5 Å². The third-order valence-electron chi connectivity index (χ3n) is 3.01. The highest BCUT2D eigenvalue weighted by Gasteiger charge is 2.07. The molecule has 0 aromatic heterocycles. The Labute approximate surface area is 116 Å². The molecule has 0 saturated carbocycles. The van der Waals surface area contributed by atoms with Gasteiger partial charge in [0.1, 0.15) is 0 Å². The Kier molecular flexibility index (Phi) is 7.30. The second kappa shape index (κ2) is 8.77. The highest BCUT2D eigenvalue weighted by atomic mass is 16.5. The summed E-state index contributed by atoms with van der Waals surface area (Å²) in [6, 6.07) is 6.49. The van der Waals surface area contributed by atoms with Crippen molar-refractivity contribution in [2.45, 2.75) is 25.8 Å². The van der Waals surface area contributed by atoms with Crippen LogP contribution in [0.15, 0.2) is 18.2 Å². The minimum Gasteiger partial charge on any atom is -0.493 e. The molecular formula is C15H25NO3. The van der Waals surface area contributed by atoms with Gasteiger partial charge in [-0.1, -0.05) is 6.07 Å². The molecule has 0 radical (unpaired) electrons. The Hall–Kier alpha value is -1.26. The van der Waals surface area contributed by atoms with Crippen LogP contribution in [0.2, 0.25) is 0 Å². The van der Waals surface area contributed by atoms with E-state index in [0.29, 0.717) is 6.04 Å². The molecule has 4 heteroatoms. The van der Waals surface area contributed by atoms with Crippen molar-refractivity contribution in [2.24, 2.45) is 0 Å². The lowest BCUT2D eigenvalue weighted by molar-refractivity contribution is 0.193. The van der Waals surface area contributed by atoms with Crippen LogP contribution in [-0.2, 0) is 11.2 Å². The molecule has 1 aromatic carbocycles. The van der Waals surface area contributed by atoms with Crippen LogP contribution in [0, 0.1) is 0 Å². The zero-order chi connectivity index (χ0) is 14.1. The second-order valence-electron chi connectivity index (χ2n) is 4.59. The van der Waals surface area contributed by atoms with E-state index in [1.165, 1.54) is 5.56 Å². The molecule has 0 saturated heterocycles. The summed E-state index contributed by atoms with van der Waals surface area (Å²) in [6.07, 6.45) is 2.00. The Bertz CT molecular complexity index is 368. The van der Waals surface area contributed by atoms with Gasteiger partial charge in [-0.15, -0.1) is 0 Å². The molecule has 0 aliphatic carbocycles. The first-order valence-electron chi connectivity index (χ1n) is 6.64. The van der Waals surface area contributed by atoms with Gasteiger partial charge in [0.15, 0.2) is 11.5 Å². The number of ether oxygens (including phenoxy) is 3. The van der Waals surface area contributed by atoms with Crippen molar-refractivity contribution >= 4 is 0 Å². The molecule has 1 aromatic rings. The minimum absolute atomic E-state index is 0.426. The normalized spacial score (nSPS) is 12.2. The van der Waals surface area contributed by atoms with E-state index in [0.717, 1.165) is 37.5 Å². The monoisotopic (exact) mass is 267 g/mol.